The molecule has 0 fully saturated rings. The van der Waals surface area contributed by atoms with Gasteiger partial charge in [-0.3, -0.25) is 9.59 Å². The molecule has 0 atom stereocenters. The van der Waals surface area contributed by atoms with E-state index in [2.05, 4.69) is 20.1 Å². The molecule has 362 valence electrons. The van der Waals surface area contributed by atoms with Crippen molar-refractivity contribution in [1.29, 1.82) is 0 Å². The number of hydrogen-bond acceptors (Lipinski definition) is 12. The fourth-order valence-electron chi connectivity index (χ4n) is 8.00. The summed E-state index contributed by atoms with van der Waals surface area (Å²) in [4.78, 5) is 26.7. The summed E-state index contributed by atoms with van der Waals surface area (Å²) in [5, 5.41) is 6.46. The molecule has 0 bridgehead atoms. The molecule has 0 saturated carbocycles. The predicted molar refractivity (Wildman–Crippen MR) is 252 cm³/mol. The quantitative estimate of drug-likeness (QED) is 0.0402. The number of halogens is 2. The van der Waals surface area contributed by atoms with Gasteiger partial charge in [-0.1, -0.05) is 56.0 Å². The van der Waals surface area contributed by atoms with Gasteiger partial charge >= 0.3 is 0 Å². The number of carbonyl (C=O) groups is 2. The highest BCUT2D eigenvalue weighted by Crippen LogP contribution is 2.48. The fourth-order valence-corrected chi connectivity index (χ4v) is 9.29. The molecule has 0 aliphatic carbocycles. The number of methoxy groups -OCH3 is 1. The maximum Gasteiger partial charge on any atom is 0.282 e. The molecular weight excluding hydrogens is 920 g/mol. The minimum absolute atomic E-state index is 0.00949. The molecule has 2 heterocycles. The van der Waals surface area contributed by atoms with Gasteiger partial charge in [-0.15, -0.1) is 0 Å². The lowest BCUT2D eigenvalue weighted by atomic mass is 9.83. The number of rotatable bonds is 30. The number of amides is 2. The van der Waals surface area contributed by atoms with Crippen molar-refractivity contribution in [2.45, 2.75) is 114 Å². The van der Waals surface area contributed by atoms with Crippen molar-refractivity contribution in [1.82, 2.24) is 15.2 Å². The Bertz CT molecular complexity index is 2350. The van der Waals surface area contributed by atoms with E-state index in [-0.39, 0.29) is 29.7 Å². The van der Waals surface area contributed by atoms with Gasteiger partial charge in [0, 0.05) is 80.3 Å². The van der Waals surface area contributed by atoms with E-state index in [4.69, 9.17) is 38.4 Å². The first kappa shape index (κ1) is 54.0. The summed E-state index contributed by atoms with van der Waals surface area (Å²) in [5.41, 5.74) is 8.54. The van der Waals surface area contributed by atoms with Crippen LogP contribution in [0.5, 0.6) is 0 Å². The average molecular weight is 985 g/mol. The number of fused-ring (bicyclic) bond motifs is 2. The summed E-state index contributed by atoms with van der Waals surface area (Å²) in [6.45, 7) is 8.16. The third-order valence-corrected chi connectivity index (χ3v) is 13.7. The number of hydrogen-bond donors (Lipinski definition) is 3. The Hall–Kier alpha value is -3.59. The van der Waals surface area contributed by atoms with Crippen LogP contribution in [0, 0.1) is 0 Å². The summed E-state index contributed by atoms with van der Waals surface area (Å²) in [5.74, 6) is 0.0584. The Balaban J connectivity index is 1.62. The van der Waals surface area contributed by atoms with Crippen molar-refractivity contribution in [3.63, 3.8) is 0 Å². The van der Waals surface area contributed by atoms with E-state index in [1.165, 1.54) is 12.1 Å². The number of aromatic nitrogens is 2. The topological polar surface area (TPSA) is 229 Å². The Morgan fingerprint density at radius 1 is 0.831 bits per heavy atom. The van der Waals surface area contributed by atoms with Crippen LogP contribution in [0.25, 0.3) is 17.1 Å². The molecule has 1 aromatic heterocycles. The van der Waals surface area contributed by atoms with Gasteiger partial charge in [0.05, 0.1) is 58.0 Å². The van der Waals surface area contributed by atoms with Gasteiger partial charge in [-0.05, 0) is 87.7 Å². The van der Waals surface area contributed by atoms with Crippen LogP contribution in [-0.2, 0) is 57.8 Å². The molecule has 1 aliphatic heterocycles. The van der Waals surface area contributed by atoms with E-state index in [9.17, 15) is 35.5 Å². The zero-order valence-corrected chi connectivity index (χ0v) is 40.9. The van der Waals surface area contributed by atoms with Gasteiger partial charge in [0.1, 0.15) is 10.1 Å². The number of carbonyl (C=O) groups excluding carboxylic acids is 2. The van der Waals surface area contributed by atoms with Crippen LogP contribution < -0.4 is 25.8 Å². The lowest BCUT2D eigenvalue weighted by Gasteiger charge is -2.27. The SMILES string of the molecule is COCCOCCNC(=O)CCCCCn1c(C=CC=C2N(CCCCCC(=O)NCCCCCN)c3ccc(S(=O)(=O)[O-])cc3C2(C)C)[n+](CCCS(=O)(=O)[O-])c2cc(Cl)c(Cl)cc21. The molecule has 16 nitrogen and oxygen atoms in total. The van der Waals surface area contributed by atoms with Crippen LogP contribution in [0.2, 0.25) is 10.0 Å². The standard InChI is InChI=1S/C45H66Cl2N6O10S2/c1-45(2)35-31-34(65(59,60)61)19-20-38(35)51(24-11-4-7-16-42(54)49-22-10-6-9-21-48)41(45)15-13-18-44-52(25-12-5-8-17-43(55)50-23-27-63-29-28-62-3)39-32-36(46)37(47)33-40(39)53(44)26-14-30-64(56,57)58/h13,15,18-20,31-33H,4-12,14,16-17,21-30,48H2,1-3H3,(H3-,49,50,54,55,56,57,58,59,60,61)/p-1. The zero-order valence-electron chi connectivity index (χ0n) is 37.7. The van der Waals surface area contributed by atoms with Crippen LogP contribution in [0.4, 0.5) is 5.69 Å². The summed E-state index contributed by atoms with van der Waals surface area (Å²) in [6.07, 6.45) is 13.5. The summed E-state index contributed by atoms with van der Waals surface area (Å²) in [7, 11) is -7.63. The van der Waals surface area contributed by atoms with Crippen LogP contribution in [0.3, 0.4) is 0 Å². The number of unbranched alkanes of at least 4 members (excludes halogenated alkanes) is 6. The second kappa shape index (κ2) is 26.1. The molecule has 4 N–H and O–H groups in total. The normalized spacial score (nSPS) is 14.5. The Kier molecular flexibility index (Phi) is 21.7. The van der Waals surface area contributed by atoms with Crippen LogP contribution in [0.15, 0.2) is 53.1 Å². The van der Waals surface area contributed by atoms with Gasteiger partial charge < -0.3 is 39.8 Å². The molecule has 4 rings (SSSR count). The highest BCUT2D eigenvalue weighted by molar-refractivity contribution is 7.86. The molecule has 0 spiro atoms. The molecule has 3 aromatic rings. The summed E-state index contributed by atoms with van der Waals surface area (Å²) >= 11 is 13.1. The maximum absolute atomic E-state index is 12.5. The number of nitrogens with one attached hydrogen (secondary N) is 2. The van der Waals surface area contributed by atoms with Gasteiger partial charge in [-0.25, -0.2) is 26.0 Å². The second-order valence-corrected chi connectivity index (χ2v) is 20.3. The third-order valence-electron chi connectivity index (χ3n) is 11.4. The predicted octanol–water partition coefficient (Wildman–Crippen LogP) is 5.92. The smallest absolute Gasteiger partial charge is 0.282 e. The van der Waals surface area contributed by atoms with Crippen molar-refractivity contribution in [3.05, 3.63) is 69.6 Å². The van der Waals surface area contributed by atoms with Crippen molar-refractivity contribution in [3.8, 4) is 0 Å². The molecule has 0 radical (unpaired) electrons. The Morgan fingerprint density at radius 3 is 2.15 bits per heavy atom. The first-order valence-electron chi connectivity index (χ1n) is 22.3. The van der Waals surface area contributed by atoms with E-state index in [0.717, 1.165) is 55.4 Å². The highest BCUT2D eigenvalue weighted by atomic mass is 35.5. The highest BCUT2D eigenvalue weighted by Gasteiger charge is 2.40. The molecule has 2 amide bonds. The molecule has 0 unspecified atom stereocenters. The van der Waals surface area contributed by atoms with Crippen molar-refractivity contribution < 1.29 is 49.6 Å². The minimum atomic E-state index is -4.73. The first-order valence-corrected chi connectivity index (χ1v) is 26.0. The fraction of sp³-hybridized carbons (Fsp3) is 0.578. The van der Waals surface area contributed by atoms with Crippen molar-refractivity contribution in [2.75, 3.05) is 63.8 Å². The largest absolute Gasteiger partial charge is 0.748 e. The number of ether oxygens (including phenoxy) is 2. The lowest BCUT2D eigenvalue weighted by molar-refractivity contribution is -0.673. The van der Waals surface area contributed by atoms with Crippen LogP contribution >= 0.6 is 23.2 Å². The Labute approximate surface area is 394 Å². The van der Waals surface area contributed by atoms with Crippen molar-refractivity contribution >= 4 is 78.0 Å². The lowest BCUT2D eigenvalue weighted by Crippen LogP contribution is -2.37. The first-order chi connectivity index (χ1) is 30.9. The molecule has 1 aliphatic rings. The zero-order chi connectivity index (χ0) is 47.6. The minimum Gasteiger partial charge on any atom is -0.748 e. The summed E-state index contributed by atoms with van der Waals surface area (Å²) < 4.78 is 85.8. The number of benzene rings is 2. The van der Waals surface area contributed by atoms with E-state index in [1.54, 1.807) is 25.3 Å². The number of aryl methyl sites for hydroxylation is 2. The monoisotopic (exact) mass is 983 g/mol. The van der Waals surface area contributed by atoms with E-state index in [0.29, 0.717) is 112 Å². The maximum atomic E-state index is 12.5. The van der Waals surface area contributed by atoms with E-state index in [1.807, 2.05) is 36.6 Å². The van der Waals surface area contributed by atoms with E-state index < -0.39 is 31.4 Å². The molecular formula is C45H65Cl2N6O10S2-. The third kappa shape index (κ3) is 16.6. The number of nitrogens with two attached hydrogens (primary N) is 1. The number of nitrogens with zero attached hydrogens (tertiary/aromatic N) is 3. The van der Waals surface area contributed by atoms with Gasteiger partial charge in [0.2, 0.25) is 11.8 Å². The number of anilines is 1. The molecule has 2 aromatic carbocycles. The summed E-state index contributed by atoms with van der Waals surface area (Å²) in [6, 6.07) is 7.90. The van der Waals surface area contributed by atoms with Gasteiger partial charge in [0.15, 0.2) is 11.0 Å². The van der Waals surface area contributed by atoms with Crippen molar-refractivity contribution in [2.24, 2.45) is 5.73 Å². The van der Waals surface area contributed by atoms with Gasteiger partial charge in [-0.2, -0.15) is 0 Å². The molecule has 20 heteroatoms. The Morgan fingerprint density at radius 2 is 1.49 bits per heavy atom. The average Bonchev–Trinajstić information content (AvgIpc) is 3.62. The number of allylic oxidation sites excluding steroid dienone is 3. The van der Waals surface area contributed by atoms with Gasteiger partial charge in [0.25, 0.3) is 5.82 Å². The van der Waals surface area contributed by atoms with Crippen LogP contribution in [0.1, 0.15) is 102 Å². The molecule has 65 heavy (non-hydrogen) atoms. The molecule has 0 saturated heterocycles. The van der Waals surface area contributed by atoms with E-state index >= 15 is 0 Å². The number of imidazole rings is 1. The van der Waals surface area contributed by atoms with Crippen LogP contribution in [-0.4, -0.2) is 101 Å². The second-order valence-electron chi connectivity index (χ2n) is 16.6.